The van der Waals surface area contributed by atoms with Crippen molar-refractivity contribution in [1.29, 1.82) is 0 Å². The molecular weight excluding hydrogens is 268 g/mol. The Labute approximate surface area is 123 Å². The van der Waals surface area contributed by atoms with Crippen LogP contribution in [0.1, 0.15) is 28.4 Å². The zero-order valence-corrected chi connectivity index (χ0v) is 12.1. The smallest absolute Gasteiger partial charge is 0.257 e. The van der Waals surface area contributed by atoms with Gasteiger partial charge in [0.1, 0.15) is 0 Å². The molecule has 0 unspecified atom stereocenters. The highest BCUT2D eigenvalue weighted by molar-refractivity contribution is 6.04. The lowest BCUT2D eigenvalue weighted by atomic mass is 10.1. The van der Waals surface area contributed by atoms with Gasteiger partial charge in [-0.15, -0.1) is 0 Å². The van der Waals surface area contributed by atoms with E-state index in [0.29, 0.717) is 23.7 Å². The Morgan fingerprint density at radius 1 is 1.33 bits per heavy atom. The number of rotatable bonds is 5. The number of hydrogen-bond acceptors (Lipinski definition) is 4. The summed E-state index contributed by atoms with van der Waals surface area (Å²) in [5.74, 6) is 0.247. The average molecular weight is 286 g/mol. The number of aromatic nitrogens is 1. The Hall–Kier alpha value is -2.40. The van der Waals surface area contributed by atoms with Crippen molar-refractivity contribution in [3.05, 3.63) is 53.2 Å². The first-order chi connectivity index (χ1) is 10.1. The Balaban J connectivity index is 2.14. The number of nitrogens with zero attached hydrogens (tertiary/aromatic N) is 1. The Bertz CT molecular complexity index is 624. The molecule has 1 aromatic heterocycles. The van der Waals surface area contributed by atoms with Crippen LogP contribution in [0.5, 0.6) is 5.88 Å². The molecule has 21 heavy (non-hydrogen) atoms. The summed E-state index contributed by atoms with van der Waals surface area (Å²) in [7, 11) is 0. The number of amides is 1. The van der Waals surface area contributed by atoms with Gasteiger partial charge in [0.2, 0.25) is 5.88 Å². The summed E-state index contributed by atoms with van der Waals surface area (Å²) in [6, 6.07) is 8.77. The summed E-state index contributed by atoms with van der Waals surface area (Å²) >= 11 is 0. The van der Waals surface area contributed by atoms with E-state index in [2.05, 4.69) is 10.3 Å². The minimum absolute atomic E-state index is 0.0617. The first kappa shape index (κ1) is 15.0. The minimum Gasteiger partial charge on any atom is -0.478 e. The number of aliphatic hydroxyl groups is 1. The molecule has 0 aliphatic rings. The van der Waals surface area contributed by atoms with Crippen molar-refractivity contribution in [2.45, 2.75) is 20.5 Å². The molecule has 2 rings (SSSR count). The maximum atomic E-state index is 12.2. The molecular formula is C16H18N2O3. The van der Waals surface area contributed by atoms with Crippen LogP contribution in [0.2, 0.25) is 0 Å². The Kier molecular flexibility index (Phi) is 4.90. The van der Waals surface area contributed by atoms with E-state index in [4.69, 9.17) is 9.84 Å². The summed E-state index contributed by atoms with van der Waals surface area (Å²) in [6.45, 7) is 4.24. The lowest BCUT2D eigenvalue weighted by Crippen LogP contribution is -2.13. The van der Waals surface area contributed by atoms with Gasteiger partial charge in [-0.3, -0.25) is 4.79 Å². The number of carbonyl (C=O) groups excluding carboxylic acids is 1. The zero-order chi connectivity index (χ0) is 15.2. The largest absolute Gasteiger partial charge is 0.478 e. The van der Waals surface area contributed by atoms with Crippen molar-refractivity contribution >= 4 is 11.6 Å². The molecule has 5 nitrogen and oxygen atoms in total. The topological polar surface area (TPSA) is 71.5 Å². The van der Waals surface area contributed by atoms with Crippen LogP contribution in [-0.2, 0) is 6.61 Å². The third kappa shape index (κ3) is 3.79. The third-order valence-corrected chi connectivity index (χ3v) is 3.02. The number of pyridine rings is 1. The SMILES string of the molecule is CCOc1ccc(C(=O)Nc2cc(CO)ccc2C)cn1. The number of benzene rings is 1. The summed E-state index contributed by atoms with van der Waals surface area (Å²) in [5, 5.41) is 12.0. The van der Waals surface area contributed by atoms with Gasteiger partial charge in [0.15, 0.2) is 0 Å². The molecule has 2 aromatic rings. The molecule has 0 bridgehead atoms. The van der Waals surface area contributed by atoms with E-state index < -0.39 is 0 Å². The molecule has 0 aliphatic heterocycles. The maximum absolute atomic E-state index is 12.2. The zero-order valence-electron chi connectivity index (χ0n) is 12.1. The van der Waals surface area contributed by atoms with Crippen molar-refractivity contribution < 1.29 is 14.6 Å². The molecule has 0 spiro atoms. The second-order valence-electron chi connectivity index (χ2n) is 4.58. The van der Waals surface area contributed by atoms with Crippen LogP contribution < -0.4 is 10.1 Å². The van der Waals surface area contributed by atoms with Crippen molar-refractivity contribution in [2.75, 3.05) is 11.9 Å². The Morgan fingerprint density at radius 2 is 2.14 bits per heavy atom. The van der Waals surface area contributed by atoms with Gasteiger partial charge in [-0.25, -0.2) is 4.98 Å². The molecule has 5 heteroatoms. The fourth-order valence-corrected chi connectivity index (χ4v) is 1.84. The van der Waals surface area contributed by atoms with Crippen LogP contribution in [0.4, 0.5) is 5.69 Å². The predicted octanol–water partition coefficient (Wildman–Crippen LogP) is 2.53. The highest BCUT2D eigenvalue weighted by atomic mass is 16.5. The van der Waals surface area contributed by atoms with Crippen LogP contribution in [-0.4, -0.2) is 22.6 Å². The van der Waals surface area contributed by atoms with E-state index >= 15 is 0 Å². The van der Waals surface area contributed by atoms with Gasteiger partial charge in [0.05, 0.1) is 18.8 Å². The second kappa shape index (κ2) is 6.85. The Morgan fingerprint density at radius 3 is 2.76 bits per heavy atom. The lowest BCUT2D eigenvalue weighted by molar-refractivity contribution is 0.102. The molecule has 0 atom stereocenters. The summed E-state index contributed by atoms with van der Waals surface area (Å²) in [6.07, 6.45) is 1.48. The van der Waals surface area contributed by atoms with E-state index in [0.717, 1.165) is 11.1 Å². The molecule has 2 N–H and O–H groups in total. The van der Waals surface area contributed by atoms with E-state index in [-0.39, 0.29) is 12.5 Å². The van der Waals surface area contributed by atoms with Crippen LogP contribution in [0, 0.1) is 6.92 Å². The highest BCUT2D eigenvalue weighted by Crippen LogP contribution is 2.18. The lowest BCUT2D eigenvalue weighted by Gasteiger charge is -2.10. The summed E-state index contributed by atoms with van der Waals surface area (Å²) < 4.78 is 5.24. The molecule has 0 aliphatic carbocycles. The standard InChI is InChI=1S/C16H18N2O3/c1-3-21-15-7-6-13(9-17-15)16(20)18-14-8-12(10-19)5-4-11(14)2/h4-9,19H,3,10H2,1-2H3,(H,18,20). The molecule has 0 saturated carbocycles. The maximum Gasteiger partial charge on any atom is 0.257 e. The van der Waals surface area contributed by atoms with Gasteiger partial charge in [-0.05, 0) is 37.1 Å². The van der Waals surface area contributed by atoms with Crippen molar-refractivity contribution in [3.8, 4) is 5.88 Å². The number of aliphatic hydroxyl groups excluding tert-OH is 1. The van der Waals surface area contributed by atoms with Crippen LogP contribution in [0.3, 0.4) is 0 Å². The number of nitrogens with one attached hydrogen (secondary N) is 1. The molecule has 1 heterocycles. The predicted molar refractivity (Wildman–Crippen MR) is 80.5 cm³/mol. The van der Waals surface area contributed by atoms with Crippen LogP contribution in [0.25, 0.3) is 0 Å². The third-order valence-electron chi connectivity index (χ3n) is 3.02. The van der Waals surface area contributed by atoms with E-state index in [1.165, 1.54) is 6.20 Å². The summed E-state index contributed by atoms with van der Waals surface area (Å²) in [4.78, 5) is 16.2. The first-order valence-corrected chi connectivity index (χ1v) is 6.74. The fourth-order valence-electron chi connectivity index (χ4n) is 1.84. The first-order valence-electron chi connectivity index (χ1n) is 6.74. The van der Waals surface area contributed by atoms with Gasteiger partial charge in [-0.1, -0.05) is 12.1 Å². The second-order valence-corrected chi connectivity index (χ2v) is 4.58. The monoisotopic (exact) mass is 286 g/mol. The number of aryl methyl sites for hydroxylation is 1. The van der Waals surface area contributed by atoms with Gasteiger partial charge in [0, 0.05) is 18.0 Å². The van der Waals surface area contributed by atoms with Gasteiger partial charge in [-0.2, -0.15) is 0 Å². The van der Waals surface area contributed by atoms with Crippen LogP contribution in [0.15, 0.2) is 36.5 Å². The van der Waals surface area contributed by atoms with Crippen LogP contribution >= 0.6 is 0 Å². The van der Waals surface area contributed by atoms with Gasteiger partial charge >= 0.3 is 0 Å². The molecule has 1 aromatic carbocycles. The molecule has 0 saturated heterocycles. The number of ether oxygens (including phenoxy) is 1. The molecule has 110 valence electrons. The highest BCUT2D eigenvalue weighted by Gasteiger charge is 2.09. The normalized spacial score (nSPS) is 10.2. The van der Waals surface area contributed by atoms with E-state index in [1.807, 2.05) is 26.0 Å². The number of carbonyl (C=O) groups is 1. The fraction of sp³-hybridized carbons (Fsp3) is 0.250. The number of anilines is 1. The molecule has 1 amide bonds. The van der Waals surface area contributed by atoms with Crippen molar-refractivity contribution in [3.63, 3.8) is 0 Å². The van der Waals surface area contributed by atoms with Gasteiger partial charge in [0.25, 0.3) is 5.91 Å². The average Bonchev–Trinajstić information content (AvgIpc) is 2.50. The van der Waals surface area contributed by atoms with E-state index in [1.54, 1.807) is 18.2 Å². The summed E-state index contributed by atoms with van der Waals surface area (Å²) in [5.41, 5.74) is 2.81. The van der Waals surface area contributed by atoms with Crippen molar-refractivity contribution in [2.24, 2.45) is 0 Å². The van der Waals surface area contributed by atoms with Gasteiger partial charge < -0.3 is 15.2 Å². The van der Waals surface area contributed by atoms with Crippen molar-refractivity contribution in [1.82, 2.24) is 4.98 Å². The van der Waals surface area contributed by atoms with E-state index in [9.17, 15) is 4.79 Å². The molecule has 0 radical (unpaired) electrons. The number of hydrogen-bond donors (Lipinski definition) is 2. The quantitative estimate of drug-likeness (QED) is 0.886. The molecule has 0 fully saturated rings. The minimum atomic E-state index is -0.247.